The molecule has 0 saturated carbocycles. The third-order valence-corrected chi connectivity index (χ3v) is 6.37. The summed E-state index contributed by atoms with van der Waals surface area (Å²) in [5, 5.41) is 5.24. The van der Waals surface area contributed by atoms with E-state index < -0.39 is 0 Å². The SMILES string of the molecule is CCOc1cc(C(=O)NCC2(c3cccs3)CCOCC2)cc(OCC)c1OCC. The molecular formula is C23H31NO5S. The maximum absolute atomic E-state index is 13.1. The number of carbonyl (C=O) groups is 1. The first-order valence-electron chi connectivity index (χ1n) is 10.6. The van der Waals surface area contributed by atoms with Crippen molar-refractivity contribution in [3.63, 3.8) is 0 Å². The van der Waals surface area contributed by atoms with Crippen molar-refractivity contribution in [2.24, 2.45) is 0 Å². The molecule has 30 heavy (non-hydrogen) atoms. The standard InChI is InChI=1S/C23H31NO5S/c1-4-27-18-14-17(15-19(28-5-2)21(18)29-6-3)22(25)24-16-23(9-11-26-12-10-23)20-8-7-13-30-20/h7-8,13-15H,4-6,9-12,16H2,1-3H3,(H,24,25). The molecule has 0 bridgehead atoms. The van der Waals surface area contributed by atoms with Crippen molar-refractivity contribution in [2.45, 2.75) is 39.0 Å². The Kier molecular flexibility index (Phi) is 7.99. The second-order valence-electron chi connectivity index (χ2n) is 7.15. The fraction of sp³-hybridized carbons (Fsp3) is 0.522. The van der Waals surface area contributed by atoms with Crippen LogP contribution < -0.4 is 19.5 Å². The zero-order valence-electron chi connectivity index (χ0n) is 18.0. The van der Waals surface area contributed by atoms with Crippen molar-refractivity contribution in [2.75, 3.05) is 39.6 Å². The van der Waals surface area contributed by atoms with E-state index >= 15 is 0 Å². The van der Waals surface area contributed by atoms with Crippen LogP contribution in [0.15, 0.2) is 29.6 Å². The average molecular weight is 434 g/mol. The van der Waals surface area contributed by atoms with Crippen LogP contribution in [0.25, 0.3) is 0 Å². The van der Waals surface area contributed by atoms with Gasteiger partial charge >= 0.3 is 0 Å². The summed E-state index contributed by atoms with van der Waals surface area (Å²) in [5.74, 6) is 1.43. The lowest BCUT2D eigenvalue weighted by Crippen LogP contribution is -2.44. The van der Waals surface area contributed by atoms with Gasteiger partial charge in [0.1, 0.15) is 0 Å². The molecular weight excluding hydrogens is 402 g/mol. The van der Waals surface area contributed by atoms with Crippen molar-refractivity contribution in [1.29, 1.82) is 0 Å². The highest BCUT2D eigenvalue weighted by Crippen LogP contribution is 2.40. The normalized spacial score (nSPS) is 15.4. The molecule has 0 aliphatic carbocycles. The predicted octanol–water partition coefficient (Wildman–Crippen LogP) is 4.42. The topological polar surface area (TPSA) is 66.0 Å². The first-order chi connectivity index (χ1) is 14.6. The smallest absolute Gasteiger partial charge is 0.251 e. The largest absolute Gasteiger partial charge is 0.490 e. The van der Waals surface area contributed by atoms with Crippen molar-refractivity contribution in [3.8, 4) is 17.2 Å². The van der Waals surface area contributed by atoms with Crippen LogP contribution in [-0.2, 0) is 10.2 Å². The summed E-state index contributed by atoms with van der Waals surface area (Å²) in [6.07, 6.45) is 1.79. The van der Waals surface area contributed by atoms with Gasteiger partial charge in [-0.15, -0.1) is 11.3 Å². The van der Waals surface area contributed by atoms with Gasteiger partial charge in [0.25, 0.3) is 5.91 Å². The Hall–Kier alpha value is -2.25. The molecule has 1 amide bonds. The van der Waals surface area contributed by atoms with E-state index in [0.29, 0.717) is 62.4 Å². The minimum atomic E-state index is -0.151. The molecule has 1 aliphatic heterocycles. The third-order valence-electron chi connectivity index (χ3n) is 5.25. The van der Waals surface area contributed by atoms with Crippen LogP contribution >= 0.6 is 11.3 Å². The molecule has 2 aromatic rings. The molecule has 0 unspecified atom stereocenters. The minimum absolute atomic E-state index is 0.0845. The molecule has 7 heteroatoms. The maximum atomic E-state index is 13.1. The average Bonchev–Trinajstić information content (AvgIpc) is 3.31. The van der Waals surface area contributed by atoms with E-state index in [1.807, 2.05) is 20.8 Å². The van der Waals surface area contributed by atoms with Gasteiger partial charge in [-0.2, -0.15) is 0 Å². The molecule has 1 N–H and O–H groups in total. The summed E-state index contributed by atoms with van der Waals surface area (Å²) in [5.41, 5.74) is 0.414. The summed E-state index contributed by atoms with van der Waals surface area (Å²) in [6.45, 7) is 9.12. The van der Waals surface area contributed by atoms with Crippen LogP contribution in [-0.4, -0.2) is 45.5 Å². The minimum Gasteiger partial charge on any atom is -0.490 e. The summed E-state index contributed by atoms with van der Waals surface area (Å²) < 4.78 is 22.8. The second kappa shape index (κ2) is 10.7. The Labute approximate surface area is 182 Å². The van der Waals surface area contributed by atoms with Gasteiger partial charge in [0.2, 0.25) is 5.75 Å². The summed E-state index contributed by atoms with van der Waals surface area (Å²) in [4.78, 5) is 14.4. The molecule has 1 fully saturated rings. The summed E-state index contributed by atoms with van der Waals surface area (Å²) >= 11 is 1.74. The van der Waals surface area contributed by atoms with E-state index in [9.17, 15) is 4.79 Å². The van der Waals surface area contributed by atoms with Gasteiger partial charge in [0.05, 0.1) is 19.8 Å². The Bertz CT molecular complexity index is 788. The third kappa shape index (κ3) is 5.08. The number of hydrogen-bond acceptors (Lipinski definition) is 6. The molecule has 1 saturated heterocycles. The lowest BCUT2D eigenvalue weighted by Gasteiger charge is -2.36. The number of thiophene rings is 1. The lowest BCUT2D eigenvalue weighted by atomic mass is 9.78. The molecule has 0 radical (unpaired) electrons. The van der Waals surface area contributed by atoms with E-state index in [4.69, 9.17) is 18.9 Å². The van der Waals surface area contributed by atoms with Gasteiger partial charge in [-0.1, -0.05) is 6.07 Å². The molecule has 0 atom stereocenters. The van der Waals surface area contributed by atoms with Crippen LogP contribution in [0.4, 0.5) is 0 Å². The van der Waals surface area contributed by atoms with Crippen LogP contribution in [0.5, 0.6) is 17.2 Å². The van der Waals surface area contributed by atoms with Gasteiger partial charge in [-0.3, -0.25) is 4.79 Å². The van der Waals surface area contributed by atoms with Gasteiger partial charge in [0, 0.05) is 35.6 Å². The molecule has 2 heterocycles. The molecule has 1 aliphatic rings. The Balaban J connectivity index is 1.83. The van der Waals surface area contributed by atoms with Gasteiger partial charge in [0.15, 0.2) is 11.5 Å². The van der Waals surface area contributed by atoms with Gasteiger partial charge in [-0.05, 0) is 57.2 Å². The van der Waals surface area contributed by atoms with E-state index in [2.05, 4.69) is 22.8 Å². The molecule has 1 aromatic heterocycles. The molecule has 164 valence electrons. The van der Waals surface area contributed by atoms with Crippen LogP contribution in [0.1, 0.15) is 48.8 Å². The van der Waals surface area contributed by atoms with E-state index in [1.54, 1.807) is 23.5 Å². The van der Waals surface area contributed by atoms with Crippen molar-refractivity contribution in [3.05, 3.63) is 40.1 Å². The quantitative estimate of drug-likeness (QED) is 0.601. The van der Waals surface area contributed by atoms with Gasteiger partial charge in [-0.25, -0.2) is 0 Å². The van der Waals surface area contributed by atoms with E-state index in [-0.39, 0.29) is 11.3 Å². The first-order valence-corrected chi connectivity index (χ1v) is 11.5. The first kappa shape index (κ1) is 22.4. The van der Waals surface area contributed by atoms with Crippen molar-refractivity contribution >= 4 is 17.2 Å². The predicted molar refractivity (Wildman–Crippen MR) is 118 cm³/mol. The maximum Gasteiger partial charge on any atom is 0.251 e. The van der Waals surface area contributed by atoms with Gasteiger partial charge < -0.3 is 24.3 Å². The number of ether oxygens (including phenoxy) is 4. The fourth-order valence-corrected chi connectivity index (χ4v) is 4.71. The number of nitrogens with one attached hydrogen (secondary N) is 1. The Morgan fingerprint density at radius 1 is 1.07 bits per heavy atom. The van der Waals surface area contributed by atoms with Crippen LogP contribution in [0, 0.1) is 0 Å². The fourth-order valence-electron chi connectivity index (χ4n) is 3.72. The Morgan fingerprint density at radius 2 is 1.70 bits per heavy atom. The van der Waals surface area contributed by atoms with Crippen molar-refractivity contribution < 1.29 is 23.7 Å². The number of benzene rings is 1. The lowest BCUT2D eigenvalue weighted by molar-refractivity contribution is 0.0499. The zero-order valence-corrected chi connectivity index (χ0v) is 18.8. The number of amides is 1. The van der Waals surface area contributed by atoms with E-state index in [0.717, 1.165) is 12.8 Å². The highest BCUT2D eigenvalue weighted by atomic mass is 32.1. The summed E-state index contributed by atoms with van der Waals surface area (Å²) in [7, 11) is 0. The highest BCUT2D eigenvalue weighted by molar-refractivity contribution is 7.10. The number of carbonyl (C=O) groups excluding carboxylic acids is 1. The Morgan fingerprint density at radius 3 is 2.23 bits per heavy atom. The van der Waals surface area contributed by atoms with E-state index in [1.165, 1.54) is 4.88 Å². The van der Waals surface area contributed by atoms with Crippen LogP contribution in [0.3, 0.4) is 0 Å². The molecule has 3 rings (SSSR count). The summed E-state index contributed by atoms with van der Waals surface area (Å²) in [6, 6.07) is 7.68. The number of rotatable bonds is 10. The van der Waals surface area contributed by atoms with Crippen LogP contribution in [0.2, 0.25) is 0 Å². The second-order valence-corrected chi connectivity index (χ2v) is 8.10. The molecule has 6 nitrogen and oxygen atoms in total. The van der Waals surface area contributed by atoms with Crippen molar-refractivity contribution in [1.82, 2.24) is 5.32 Å². The molecule has 1 aromatic carbocycles. The molecule has 0 spiro atoms. The monoisotopic (exact) mass is 433 g/mol. The zero-order chi connectivity index (χ0) is 21.4. The highest BCUT2D eigenvalue weighted by Gasteiger charge is 2.36. The number of hydrogen-bond donors (Lipinski definition) is 1.